The third-order valence-corrected chi connectivity index (χ3v) is 1.03. The van der Waals surface area contributed by atoms with Crippen molar-refractivity contribution in [1.82, 2.24) is 5.48 Å². The first kappa shape index (κ1) is 7.40. The van der Waals surface area contributed by atoms with Gasteiger partial charge in [-0.25, -0.2) is 5.48 Å². The highest BCUT2D eigenvalue weighted by Gasteiger charge is 1.85. The first-order valence-corrected chi connectivity index (χ1v) is 3.07. The second-order valence-electron chi connectivity index (χ2n) is 1.78. The average Bonchev–Trinajstić information content (AvgIpc) is 2.07. The van der Waals surface area contributed by atoms with Crippen LogP contribution in [-0.2, 0) is 0 Å². The van der Waals surface area contributed by atoms with Crippen LogP contribution in [0.1, 0.15) is 0 Å². The summed E-state index contributed by atoms with van der Waals surface area (Å²) in [5.74, 6) is 0.660. The maximum atomic E-state index is 7.97. The Kier molecular flexibility index (Phi) is 2.80. The summed E-state index contributed by atoms with van der Waals surface area (Å²) < 4.78 is 0. The molecular weight excluding hydrogens is 144 g/mol. The lowest BCUT2D eigenvalue weighted by Gasteiger charge is -2.00. The topological polar surface area (TPSA) is 53.9 Å². The molecule has 1 aromatic carbocycles. The van der Waals surface area contributed by atoms with Crippen molar-refractivity contribution >= 4 is 6.34 Å². The van der Waals surface area contributed by atoms with Crippen LogP contribution in [0.15, 0.2) is 35.5 Å². The first-order chi connectivity index (χ1) is 5.43. The second-order valence-corrected chi connectivity index (χ2v) is 1.78. The van der Waals surface area contributed by atoms with Gasteiger partial charge in [-0.3, -0.25) is 0 Å². The maximum Gasteiger partial charge on any atom is 0.163 e. The van der Waals surface area contributed by atoms with Crippen molar-refractivity contribution in [3.05, 3.63) is 30.3 Å². The minimum Gasteiger partial charge on any atom is -0.410 e. The van der Waals surface area contributed by atoms with E-state index in [2.05, 4.69) is 10.6 Å². The van der Waals surface area contributed by atoms with Crippen LogP contribution in [-0.4, -0.2) is 11.5 Å². The van der Waals surface area contributed by atoms with Crippen molar-refractivity contribution in [3.8, 4) is 5.75 Å². The molecule has 2 N–H and O–H groups in total. The molecule has 0 aromatic heterocycles. The highest BCUT2D eigenvalue weighted by molar-refractivity contribution is 5.51. The van der Waals surface area contributed by atoms with Crippen molar-refractivity contribution in [2.75, 3.05) is 0 Å². The molecule has 11 heavy (non-hydrogen) atoms. The minimum atomic E-state index is 0.660. The Morgan fingerprint density at radius 1 is 1.36 bits per heavy atom. The standard InChI is InChI=1S/C7H8N2O2/c10-8-6-9-11-7-4-2-1-3-5-7/h1-6,10H,(H,8,9). The highest BCUT2D eigenvalue weighted by atomic mass is 16.6. The van der Waals surface area contributed by atoms with Gasteiger partial charge in [0.1, 0.15) is 0 Å². The van der Waals surface area contributed by atoms with Gasteiger partial charge in [-0.2, -0.15) is 0 Å². The zero-order valence-electron chi connectivity index (χ0n) is 5.77. The molecule has 0 saturated heterocycles. The lowest BCUT2D eigenvalue weighted by Crippen LogP contribution is -2.15. The number of nitrogens with zero attached hydrogens (tertiary/aromatic N) is 1. The van der Waals surface area contributed by atoms with Crippen molar-refractivity contribution in [3.63, 3.8) is 0 Å². The first-order valence-electron chi connectivity index (χ1n) is 3.07. The Morgan fingerprint density at radius 3 is 2.73 bits per heavy atom. The molecule has 4 nitrogen and oxygen atoms in total. The molecule has 0 radical (unpaired) electrons. The molecule has 0 heterocycles. The van der Waals surface area contributed by atoms with Crippen LogP contribution >= 0.6 is 0 Å². The summed E-state index contributed by atoms with van der Waals surface area (Å²) >= 11 is 0. The molecule has 1 rings (SSSR count). The molecule has 58 valence electrons. The predicted octanol–water partition coefficient (Wildman–Crippen LogP) is 0.988. The van der Waals surface area contributed by atoms with E-state index in [9.17, 15) is 0 Å². The molecule has 0 aliphatic heterocycles. The summed E-state index contributed by atoms with van der Waals surface area (Å²) in [4.78, 5) is 4.89. The van der Waals surface area contributed by atoms with Crippen molar-refractivity contribution in [2.45, 2.75) is 0 Å². The minimum absolute atomic E-state index is 0.660. The van der Waals surface area contributed by atoms with E-state index in [1.165, 1.54) is 0 Å². The van der Waals surface area contributed by atoms with Crippen molar-refractivity contribution in [1.29, 1.82) is 0 Å². The Hall–Kier alpha value is -1.71. The monoisotopic (exact) mass is 152 g/mol. The lowest BCUT2D eigenvalue weighted by atomic mass is 10.3. The number of oxime groups is 1. The van der Waals surface area contributed by atoms with Crippen LogP contribution in [0.2, 0.25) is 0 Å². The average molecular weight is 152 g/mol. The van der Waals surface area contributed by atoms with Crippen molar-refractivity contribution in [2.24, 2.45) is 5.16 Å². The largest absolute Gasteiger partial charge is 0.410 e. The molecular formula is C7H8N2O2. The van der Waals surface area contributed by atoms with E-state index in [4.69, 9.17) is 10.0 Å². The van der Waals surface area contributed by atoms with Crippen LogP contribution in [0, 0.1) is 0 Å². The van der Waals surface area contributed by atoms with E-state index in [1.54, 1.807) is 12.1 Å². The summed E-state index contributed by atoms with van der Waals surface area (Å²) in [6.45, 7) is 0. The van der Waals surface area contributed by atoms with Crippen LogP contribution in [0.25, 0.3) is 0 Å². The third kappa shape index (κ3) is 2.57. The fourth-order valence-corrected chi connectivity index (χ4v) is 0.607. The molecule has 0 saturated carbocycles. The van der Waals surface area contributed by atoms with E-state index in [-0.39, 0.29) is 0 Å². The van der Waals surface area contributed by atoms with E-state index in [1.807, 2.05) is 18.2 Å². The fourth-order valence-electron chi connectivity index (χ4n) is 0.607. The highest BCUT2D eigenvalue weighted by Crippen LogP contribution is 2.05. The Morgan fingerprint density at radius 2 is 2.09 bits per heavy atom. The van der Waals surface area contributed by atoms with Gasteiger partial charge in [-0.1, -0.05) is 23.4 Å². The van der Waals surface area contributed by atoms with Gasteiger partial charge < -0.3 is 10.0 Å². The molecule has 0 bridgehead atoms. The normalized spacial score (nSPS) is 9.82. The SMILES string of the molecule is ON=CNOc1ccccc1. The number of rotatable bonds is 3. The molecule has 0 fully saturated rings. The predicted molar refractivity (Wildman–Crippen MR) is 40.5 cm³/mol. The molecule has 0 amide bonds. The van der Waals surface area contributed by atoms with Crippen LogP contribution < -0.4 is 10.3 Å². The van der Waals surface area contributed by atoms with Gasteiger partial charge in [0, 0.05) is 0 Å². The van der Waals surface area contributed by atoms with Crippen LogP contribution in [0.5, 0.6) is 5.75 Å². The third-order valence-electron chi connectivity index (χ3n) is 1.03. The molecule has 0 atom stereocenters. The van der Waals surface area contributed by atoms with E-state index in [0.717, 1.165) is 6.34 Å². The quantitative estimate of drug-likeness (QED) is 0.294. The Labute approximate surface area is 64.1 Å². The molecule has 0 unspecified atom stereocenters. The summed E-state index contributed by atoms with van der Waals surface area (Å²) in [5.41, 5.74) is 2.31. The van der Waals surface area contributed by atoms with Gasteiger partial charge in [-0.05, 0) is 12.1 Å². The van der Waals surface area contributed by atoms with E-state index < -0.39 is 0 Å². The van der Waals surface area contributed by atoms with Gasteiger partial charge in [0.25, 0.3) is 0 Å². The van der Waals surface area contributed by atoms with Gasteiger partial charge in [0.15, 0.2) is 12.1 Å². The fraction of sp³-hybridized carbons (Fsp3) is 0. The molecule has 4 heteroatoms. The van der Waals surface area contributed by atoms with Crippen LogP contribution in [0.3, 0.4) is 0 Å². The summed E-state index contributed by atoms with van der Waals surface area (Å²) in [5, 5.41) is 10.7. The van der Waals surface area contributed by atoms with Gasteiger partial charge in [-0.15, -0.1) is 0 Å². The van der Waals surface area contributed by atoms with Crippen molar-refractivity contribution < 1.29 is 10.0 Å². The van der Waals surface area contributed by atoms with Gasteiger partial charge in [0.05, 0.1) is 0 Å². The second kappa shape index (κ2) is 4.16. The van der Waals surface area contributed by atoms with Gasteiger partial charge >= 0.3 is 0 Å². The Bertz CT molecular complexity index is 223. The molecule has 0 aliphatic carbocycles. The summed E-state index contributed by atoms with van der Waals surface area (Å²) in [6.07, 6.45) is 1.03. The smallest absolute Gasteiger partial charge is 0.163 e. The van der Waals surface area contributed by atoms with Crippen LogP contribution in [0.4, 0.5) is 0 Å². The van der Waals surface area contributed by atoms with E-state index >= 15 is 0 Å². The van der Waals surface area contributed by atoms with E-state index in [0.29, 0.717) is 5.75 Å². The number of hydrogen-bond donors (Lipinski definition) is 2. The summed E-state index contributed by atoms with van der Waals surface area (Å²) in [6, 6.07) is 9.11. The number of benzene rings is 1. The van der Waals surface area contributed by atoms with Gasteiger partial charge in [0.2, 0.25) is 0 Å². The molecule has 1 aromatic rings. The Balaban J connectivity index is 2.39. The molecule has 0 spiro atoms. The number of nitrogens with one attached hydrogen (secondary N) is 1. The lowest BCUT2D eigenvalue weighted by molar-refractivity contribution is 0.254. The maximum absolute atomic E-state index is 7.97. The molecule has 0 aliphatic rings. The number of hydroxylamine groups is 1. The zero-order valence-corrected chi connectivity index (χ0v) is 5.77. The summed E-state index contributed by atoms with van der Waals surface area (Å²) in [7, 11) is 0. The number of hydrogen-bond acceptors (Lipinski definition) is 3. The zero-order chi connectivity index (χ0) is 7.94. The number of para-hydroxylation sites is 1.